The van der Waals surface area contributed by atoms with Crippen LogP contribution in [0.1, 0.15) is 213 Å². The van der Waals surface area contributed by atoms with Crippen LogP contribution < -0.4 is 5.32 Å². The Balaban J connectivity index is 1.44. The van der Waals surface area contributed by atoms with Gasteiger partial charge in [-0.1, -0.05) is 214 Å². The Labute approximate surface area is 527 Å². The molecule has 88 heavy (non-hydrogen) atoms. The van der Waals surface area contributed by atoms with E-state index in [4.69, 9.17) is 28.4 Å². The fourth-order valence-electron chi connectivity index (χ4n) is 10.9. The first-order valence-corrected chi connectivity index (χ1v) is 33.8. The summed E-state index contributed by atoms with van der Waals surface area (Å²) in [6, 6.07) is -0.996. The normalized spacial score (nSPS) is 28.9. The summed E-state index contributed by atoms with van der Waals surface area (Å²) in [5.41, 5.74) is 0. The van der Waals surface area contributed by atoms with Gasteiger partial charge in [-0.2, -0.15) is 0 Å². The fraction of sp³-hybridized carbons (Fsp3) is 0.783. The summed E-state index contributed by atoms with van der Waals surface area (Å²) in [4.78, 5) is 13.4. The van der Waals surface area contributed by atoms with Crippen molar-refractivity contribution >= 4 is 5.91 Å². The summed E-state index contributed by atoms with van der Waals surface area (Å²) < 4.78 is 34.3. The first kappa shape index (κ1) is 79.2. The largest absolute Gasteiger partial charge is 0.394 e. The van der Waals surface area contributed by atoms with Crippen molar-refractivity contribution in [3.8, 4) is 0 Å². The van der Waals surface area contributed by atoms with Crippen molar-refractivity contribution in [2.24, 2.45) is 0 Å². The third kappa shape index (κ3) is 32.5. The molecule has 19 heteroatoms. The maximum atomic E-state index is 13.4. The Morgan fingerprint density at radius 1 is 0.420 bits per heavy atom. The molecule has 17 unspecified atom stereocenters. The Morgan fingerprint density at radius 3 is 1.27 bits per heavy atom. The Morgan fingerprint density at radius 2 is 0.795 bits per heavy atom. The van der Waals surface area contributed by atoms with Crippen LogP contribution in [-0.4, -0.2) is 193 Å². The third-order valence-corrected chi connectivity index (χ3v) is 16.4. The van der Waals surface area contributed by atoms with E-state index in [1.807, 2.05) is 6.08 Å². The summed E-state index contributed by atoms with van der Waals surface area (Å²) >= 11 is 0. The van der Waals surface area contributed by atoms with Gasteiger partial charge in [0.1, 0.15) is 73.2 Å². The molecule has 3 rings (SSSR count). The molecule has 0 aromatic heterocycles. The molecular formula is C69H119NO18. The van der Waals surface area contributed by atoms with Crippen molar-refractivity contribution in [2.75, 3.05) is 26.4 Å². The SMILES string of the molecule is CC/C=C\C/C=C\C/C=C\C/C=C\C/C=C\CCCCCCCCCCCCCC(=O)NC(COC1OC(CO)C(OC2OC(CO)C(OC3OC(CO)C(O)C(O)C3O)C(O)C2O)C(O)C1O)C(O)/C=C/CC/C=C/CCCCCCCCCCCC. The zero-order chi connectivity index (χ0) is 64.0. The van der Waals surface area contributed by atoms with Crippen LogP contribution in [0.3, 0.4) is 0 Å². The van der Waals surface area contributed by atoms with Crippen molar-refractivity contribution < 1.29 is 89.4 Å². The molecule has 0 aromatic carbocycles. The first-order valence-electron chi connectivity index (χ1n) is 33.8. The number of aliphatic hydroxyl groups excluding tert-OH is 11. The molecule has 0 radical (unpaired) electrons. The van der Waals surface area contributed by atoms with Crippen LogP contribution in [0.4, 0.5) is 0 Å². The van der Waals surface area contributed by atoms with Gasteiger partial charge in [-0.05, 0) is 77.0 Å². The minimum atomic E-state index is -1.98. The number of carbonyl (C=O) groups is 1. The van der Waals surface area contributed by atoms with E-state index in [1.165, 1.54) is 96.3 Å². The van der Waals surface area contributed by atoms with Gasteiger partial charge in [-0.15, -0.1) is 0 Å². The molecule has 3 aliphatic rings. The summed E-state index contributed by atoms with van der Waals surface area (Å²) in [6.07, 6.45) is 37.0. The number of unbranched alkanes of at least 4 members (excludes halogenated alkanes) is 22. The lowest BCUT2D eigenvalue weighted by Crippen LogP contribution is -2.66. The molecule has 0 bridgehead atoms. The summed E-state index contributed by atoms with van der Waals surface area (Å²) in [7, 11) is 0. The summed E-state index contributed by atoms with van der Waals surface area (Å²) in [5, 5.41) is 120. The van der Waals surface area contributed by atoms with E-state index in [0.29, 0.717) is 12.8 Å². The molecule has 19 nitrogen and oxygen atoms in total. The number of hydrogen-bond donors (Lipinski definition) is 12. The van der Waals surface area contributed by atoms with Crippen LogP contribution in [0.25, 0.3) is 0 Å². The van der Waals surface area contributed by atoms with Crippen molar-refractivity contribution in [3.05, 3.63) is 85.1 Å². The van der Waals surface area contributed by atoms with E-state index in [1.54, 1.807) is 6.08 Å². The van der Waals surface area contributed by atoms with Crippen LogP contribution in [-0.2, 0) is 33.2 Å². The molecule has 12 N–H and O–H groups in total. The summed E-state index contributed by atoms with van der Waals surface area (Å²) in [6.45, 7) is 1.58. The van der Waals surface area contributed by atoms with Crippen molar-refractivity contribution in [2.45, 2.75) is 317 Å². The van der Waals surface area contributed by atoms with Gasteiger partial charge in [0.15, 0.2) is 18.9 Å². The van der Waals surface area contributed by atoms with E-state index in [2.05, 4.69) is 92.1 Å². The number of amides is 1. The Kier molecular flexibility index (Phi) is 45.5. The molecule has 3 saturated heterocycles. The molecule has 508 valence electrons. The number of aliphatic hydroxyl groups is 11. The highest BCUT2D eigenvalue weighted by molar-refractivity contribution is 5.76. The molecule has 0 saturated carbocycles. The number of carbonyl (C=O) groups excluding carboxylic acids is 1. The van der Waals surface area contributed by atoms with Crippen molar-refractivity contribution in [1.29, 1.82) is 0 Å². The molecule has 1 amide bonds. The van der Waals surface area contributed by atoms with E-state index >= 15 is 0 Å². The standard InChI is InChI=1S/C69H119NO18/c1-3-5-7-9-11-13-15-17-19-21-22-23-24-25-26-27-28-29-30-31-33-35-37-39-41-43-45-47-57(75)70-52(53(74)46-44-42-40-38-36-34-32-20-18-16-14-12-10-8-6-4-2)51-83-67-63(81)60(78)65(55(49-72)85-67)88-69-64(82)61(79)66(56(50-73)86-69)87-68-62(80)59(77)58(76)54(48-71)84-68/h5,7,11,13,17,19,22-23,25-26,36,38,44,46,52-56,58-69,71-74,76-82H,3-4,6,8-10,12,14-16,18,20-21,24,27-35,37,39-43,45,47-51H2,1-2H3,(H,70,75)/b7-5-,13-11-,19-17-,23-22-,26-25-,38-36+,46-44+. The molecule has 17 atom stereocenters. The Bertz CT molecular complexity index is 1930. The lowest BCUT2D eigenvalue weighted by Gasteiger charge is -2.48. The van der Waals surface area contributed by atoms with Crippen LogP contribution >= 0.6 is 0 Å². The molecule has 3 aliphatic heterocycles. The van der Waals surface area contributed by atoms with Gasteiger partial charge < -0.3 is 89.9 Å². The minimum Gasteiger partial charge on any atom is -0.394 e. The number of nitrogens with one attached hydrogen (secondary N) is 1. The molecular weight excluding hydrogens is 1130 g/mol. The molecule has 0 aromatic rings. The van der Waals surface area contributed by atoms with Crippen molar-refractivity contribution in [1.82, 2.24) is 5.32 Å². The van der Waals surface area contributed by atoms with Gasteiger partial charge >= 0.3 is 0 Å². The van der Waals surface area contributed by atoms with E-state index in [9.17, 15) is 61.0 Å². The highest BCUT2D eigenvalue weighted by atomic mass is 16.8. The quantitative estimate of drug-likeness (QED) is 0.0201. The van der Waals surface area contributed by atoms with E-state index in [-0.39, 0.29) is 18.9 Å². The van der Waals surface area contributed by atoms with Gasteiger partial charge in [0.05, 0.1) is 38.6 Å². The van der Waals surface area contributed by atoms with Crippen molar-refractivity contribution in [3.63, 3.8) is 0 Å². The number of hydrogen-bond acceptors (Lipinski definition) is 18. The molecule has 3 fully saturated rings. The summed E-state index contributed by atoms with van der Waals surface area (Å²) in [5.74, 6) is -0.292. The second kappa shape index (κ2) is 50.5. The minimum absolute atomic E-state index is 0.227. The van der Waals surface area contributed by atoms with Crippen LogP contribution in [0, 0.1) is 0 Å². The Hall–Kier alpha value is -3.03. The third-order valence-electron chi connectivity index (χ3n) is 16.4. The molecule has 0 aliphatic carbocycles. The highest BCUT2D eigenvalue weighted by Gasteiger charge is 2.53. The lowest BCUT2D eigenvalue weighted by molar-refractivity contribution is -0.379. The number of allylic oxidation sites excluding steroid dienone is 13. The van der Waals surface area contributed by atoms with Gasteiger partial charge in [-0.3, -0.25) is 4.79 Å². The average molecular weight is 1250 g/mol. The maximum absolute atomic E-state index is 13.4. The monoisotopic (exact) mass is 1250 g/mol. The van der Waals surface area contributed by atoms with E-state index in [0.717, 1.165) is 83.5 Å². The van der Waals surface area contributed by atoms with Crippen LogP contribution in [0.15, 0.2) is 85.1 Å². The fourth-order valence-corrected chi connectivity index (χ4v) is 10.9. The number of ether oxygens (including phenoxy) is 6. The van der Waals surface area contributed by atoms with Crippen LogP contribution in [0.5, 0.6) is 0 Å². The lowest BCUT2D eigenvalue weighted by atomic mass is 9.96. The maximum Gasteiger partial charge on any atom is 0.220 e. The molecule has 0 spiro atoms. The first-order chi connectivity index (χ1) is 42.8. The predicted molar refractivity (Wildman–Crippen MR) is 341 cm³/mol. The highest BCUT2D eigenvalue weighted by Crippen LogP contribution is 2.33. The second-order valence-corrected chi connectivity index (χ2v) is 23.9. The van der Waals surface area contributed by atoms with Crippen LogP contribution in [0.2, 0.25) is 0 Å². The zero-order valence-electron chi connectivity index (χ0n) is 53.4. The smallest absolute Gasteiger partial charge is 0.220 e. The average Bonchev–Trinajstić information content (AvgIpc) is 3.39. The predicted octanol–water partition coefficient (Wildman–Crippen LogP) is 8.32. The van der Waals surface area contributed by atoms with E-state index < -0.39 is 124 Å². The topological polar surface area (TPSA) is 307 Å². The van der Waals surface area contributed by atoms with Gasteiger partial charge in [-0.25, -0.2) is 0 Å². The number of rotatable bonds is 50. The van der Waals surface area contributed by atoms with Gasteiger partial charge in [0, 0.05) is 6.42 Å². The van der Waals surface area contributed by atoms with Gasteiger partial charge in [0.25, 0.3) is 0 Å². The second-order valence-electron chi connectivity index (χ2n) is 23.9. The molecule has 3 heterocycles. The zero-order valence-corrected chi connectivity index (χ0v) is 53.4. The van der Waals surface area contributed by atoms with Gasteiger partial charge in [0.2, 0.25) is 5.91 Å².